The van der Waals surface area contributed by atoms with Crippen molar-refractivity contribution in [2.75, 3.05) is 32.1 Å². The lowest BCUT2D eigenvalue weighted by Crippen LogP contribution is -2.32. The molecule has 27 heavy (non-hydrogen) atoms. The number of nitrogens with zero attached hydrogens (tertiary/aromatic N) is 3. The zero-order valence-corrected chi connectivity index (χ0v) is 15.0. The summed E-state index contributed by atoms with van der Waals surface area (Å²) in [6, 6.07) is 12.8. The van der Waals surface area contributed by atoms with Gasteiger partial charge in [-0.25, -0.2) is 9.97 Å². The van der Waals surface area contributed by atoms with E-state index >= 15 is 0 Å². The molecule has 2 aromatic heterocycles. The largest absolute Gasteiger partial charge is 0.497 e. The predicted octanol–water partition coefficient (Wildman–Crippen LogP) is 1.88. The van der Waals surface area contributed by atoms with Crippen LogP contribution in [0, 0.1) is 0 Å². The van der Waals surface area contributed by atoms with Gasteiger partial charge in [0.15, 0.2) is 6.61 Å². The van der Waals surface area contributed by atoms with Crippen molar-refractivity contribution in [3.63, 3.8) is 0 Å². The van der Waals surface area contributed by atoms with E-state index in [1.54, 1.807) is 25.3 Å². The first-order chi connectivity index (χ1) is 13.2. The lowest BCUT2D eigenvalue weighted by atomic mass is 10.3. The van der Waals surface area contributed by atoms with Gasteiger partial charge in [-0.1, -0.05) is 6.07 Å². The summed E-state index contributed by atoms with van der Waals surface area (Å²) in [5, 5.41) is 5.94. The van der Waals surface area contributed by atoms with Crippen molar-refractivity contribution >= 4 is 11.7 Å². The number of benzene rings is 1. The number of hydrogen-bond acceptors (Lipinski definition) is 6. The van der Waals surface area contributed by atoms with Crippen molar-refractivity contribution in [1.29, 1.82) is 0 Å². The molecule has 0 saturated heterocycles. The summed E-state index contributed by atoms with van der Waals surface area (Å²) >= 11 is 0. The van der Waals surface area contributed by atoms with Gasteiger partial charge >= 0.3 is 0 Å². The molecule has 2 N–H and O–H groups in total. The fourth-order valence-corrected chi connectivity index (χ4v) is 2.36. The number of methoxy groups -OCH3 is 1. The van der Waals surface area contributed by atoms with Crippen LogP contribution in [0.25, 0.3) is 5.82 Å². The number of rotatable bonds is 9. The van der Waals surface area contributed by atoms with Gasteiger partial charge in [-0.3, -0.25) is 4.79 Å². The molecule has 8 nitrogen and oxygen atoms in total. The molecule has 3 rings (SSSR count). The highest BCUT2D eigenvalue weighted by molar-refractivity contribution is 5.77. The van der Waals surface area contributed by atoms with Crippen molar-refractivity contribution in [3.05, 3.63) is 61.2 Å². The van der Waals surface area contributed by atoms with Crippen LogP contribution in [0.15, 0.2) is 61.2 Å². The molecular formula is C19H21N5O3. The summed E-state index contributed by atoms with van der Waals surface area (Å²) in [4.78, 5) is 20.3. The van der Waals surface area contributed by atoms with E-state index in [2.05, 4.69) is 20.6 Å². The van der Waals surface area contributed by atoms with E-state index in [4.69, 9.17) is 9.47 Å². The van der Waals surface area contributed by atoms with E-state index in [0.717, 1.165) is 5.82 Å². The van der Waals surface area contributed by atoms with E-state index in [9.17, 15) is 4.79 Å². The van der Waals surface area contributed by atoms with Crippen molar-refractivity contribution in [3.8, 4) is 17.3 Å². The number of nitrogens with one attached hydrogen (secondary N) is 2. The van der Waals surface area contributed by atoms with Crippen molar-refractivity contribution < 1.29 is 14.3 Å². The number of anilines is 1. The molecule has 1 amide bonds. The smallest absolute Gasteiger partial charge is 0.258 e. The molecule has 0 saturated carbocycles. The van der Waals surface area contributed by atoms with Gasteiger partial charge in [0.2, 0.25) is 0 Å². The van der Waals surface area contributed by atoms with Crippen LogP contribution in [-0.2, 0) is 4.79 Å². The Morgan fingerprint density at radius 2 is 1.89 bits per heavy atom. The van der Waals surface area contributed by atoms with E-state index in [-0.39, 0.29) is 12.5 Å². The molecule has 0 aliphatic rings. The second kappa shape index (κ2) is 9.23. The van der Waals surface area contributed by atoms with Crippen LogP contribution in [-0.4, -0.2) is 47.2 Å². The molecule has 0 spiro atoms. The zero-order chi connectivity index (χ0) is 18.9. The first kappa shape index (κ1) is 18.2. The van der Waals surface area contributed by atoms with Gasteiger partial charge in [-0.15, -0.1) is 0 Å². The van der Waals surface area contributed by atoms with E-state index in [1.807, 2.05) is 41.2 Å². The summed E-state index contributed by atoms with van der Waals surface area (Å²) in [5.74, 6) is 2.53. The number of ether oxygens (including phenoxy) is 2. The Kier molecular flexibility index (Phi) is 6.24. The monoisotopic (exact) mass is 367 g/mol. The van der Waals surface area contributed by atoms with E-state index in [1.165, 1.54) is 6.33 Å². The summed E-state index contributed by atoms with van der Waals surface area (Å²) < 4.78 is 12.5. The highest BCUT2D eigenvalue weighted by atomic mass is 16.5. The van der Waals surface area contributed by atoms with Crippen LogP contribution < -0.4 is 20.1 Å². The third-order valence-corrected chi connectivity index (χ3v) is 3.69. The Bertz CT molecular complexity index is 867. The summed E-state index contributed by atoms with van der Waals surface area (Å²) in [6.07, 6.45) is 5.32. The van der Waals surface area contributed by atoms with Crippen LogP contribution in [0.1, 0.15) is 0 Å². The number of carbonyl (C=O) groups is 1. The van der Waals surface area contributed by atoms with Gasteiger partial charge in [0.05, 0.1) is 7.11 Å². The Labute approximate surface area is 157 Å². The summed E-state index contributed by atoms with van der Waals surface area (Å²) in [6.45, 7) is 0.925. The number of carbonyl (C=O) groups excluding carboxylic acids is 1. The maximum Gasteiger partial charge on any atom is 0.258 e. The lowest BCUT2D eigenvalue weighted by molar-refractivity contribution is -0.123. The maximum absolute atomic E-state index is 11.9. The predicted molar refractivity (Wildman–Crippen MR) is 101 cm³/mol. The minimum absolute atomic E-state index is 0.0571. The third kappa shape index (κ3) is 5.46. The number of hydrogen-bond donors (Lipinski definition) is 2. The molecule has 2 heterocycles. The van der Waals surface area contributed by atoms with Gasteiger partial charge < -0.3 is 24.7 Å². The molecule has 0 atom stereocenters. The molecule has 0 bridgehead atoms. The molecule has 0 fully saturated rings. The van der Waals surface area contributed by atoms with E-state index in [0.29, 0.717) is 30.4 Å². The quantitative estimate of drug-likeness (QED) is 0.561. The Morgan fingerprint density at radius 1 is 1.07 bits per heavy atom. The lowest BCUT2D eigenvalue weighted by Gasteiger charge is -2.10. The summed E-state index contributed by atoms with van der Waals surface area (Å²) in [7, 11) is 1.58. The molecule has 8 heteroatoms. The maximum atomic E-state index is 11.9. The highest BCUT2D eigenvalue weighted by Gasteiger charge is 2.04. The second-order valence-electron chi connectivity index (χ2n) is 5.60. The van der Waals surface area contributed by atoms with Crippen molar-refractivity contribution in [2.45, 2.75) is 0 Å². The fraction of sp³-hybridized carbons (Fsp3) is 0.211. The van der Waals surface area contributed by atoms with Gasteiger partial charge in [-0.05, 0) is 24.3 Å². The van der Waals surface area contributed by atoms with Crippen LogP contribution >= 0.6 is 0 Å². The molecular weight excluding hydrogens is 346 g/mol. The Hall–Kier alpha value is -3.55. The molecule has 140 valence electrons. The molecule has 0 radical (unpaired) electrons. The van der Waals surface area contributed by atoms with Crippen LogP contribution in [0.2, 0.25) is 0 Å². The fourth-order valence-electron chi connectivity index (χ4n) is 2.36. The molecule has 0 unspecified atom stereocenters. The van der Waals surface area contributed by atoms with Crippen LogP contribution in [0.5, 0.6) is 11.5 Å². The molecule has 1 aromatic carbocycles. The second-order valence-corrected chi connectivity index (χ2v) is 5.60. The topological polar surface area (TPSA) is 90.3 Å². The van der Waals surface area contributed by atoms with Crippen LogP contribution in [0.4, 0.5) is 5.82 Å². The van der Waals surface area contributed by atoms with Gasteiger partial charge in [0.25, 0.3) is 5.91 Å². The average molecular weight is 367 g/mol. The molecule has 0 aliphatic heterocycles. The number of amides is 1. The Morgan fingerprint density at radius 3 is 2.70 bits per heavy atom. The SMILES string of the molecule is COc1cccc(OCC(=O)NCCNc2cc(-n3cccc3)ncn2)c1. The minimum Gasteiger partial charge on any atom is -0.497 e. The third-order valence-electron chi connectivity index (χ3n) is 3.69. The minimum atomic E-state index is -0.199. The zero-order valence-electron chi connectivity index (χ0n) is 15.0. The van der Waals surface area contributed by atoms with Gasteiger partial charge in [0, 0.05) is 37.6 Å². The highest BCUT2D eigenvalue weighted by Crippen LogP contribution is 2.18. The van der Waals surface area contributed by atoms with Crippen molar-refractivity contribution in [2.24, 2.45) is 0 Å². The van der Waals surface area contributed by atoms with Gasteiger partial charge in [0.1, 0.15) is 29.5 Å². The van der Waals surface area contributed by atoms with Gasteiger partial charge in [-0.2, -0.15) is 0 Å². The Balaban J connectivity index is 1.38. The van der Waals surface area contributed by atoms with E-state index < -0.39 is 0 Å². The summed E-state index contributed by atoms with van der Waals surface area (Å²) in [5.41, 5.74) is 0. The normalized spacial score (nSPS) is 10.3. The van der Waals surface area contributed by atoms with Crippen molar-refractivity contribution in [1.82, 2.24) is 19.9 Å². The first-order valence-electron chi connectivity index (χ1n) is 8.47. The van der Waals surface area contributed by atoms with Crippen LogP contribution in [0.3, 0.4) is 0 Å². The number of aromatic nitrogens is 3. The molecule has 3 aromatic rings. The average Bonchev–Trinajstić information content (AvgIpc) is 3.25. The standard InChI is InChI=1S/C19H21N5O3/c1-26-15-5-4-6-16(11-15)27-13-19(25)21-8-7-20-17-12-18(23-14-22-17)24-9-2-3-10-24/h2-6,9-12,14H,7-8,13H2,1H3,(H,21,25)(H,20,22,23). The molecule has 0 aliphatic carbocycles. The first-order valence-corrected chi connectivity index (χ1v) is 8.47.